The third-order valence-corrected chi connectivity index (χ3v) is 1.30. The molecule has 0 spiro atoms. The first-order valence-corrected chi connectivity index (χ1v) is 3.66. The van der Waals surface area contributed by atoms with E-state index in [0.717, 1.165) is 0 Å². The van der Waals surface area contributed by atoms with Crippen molar-refractivity contribution in [3.8, 4) is 0 Å². The SMILES string of the molecule is CC(N)NC(=O)c1ccncc1. The van der Waals surface area contributed by atoms with E-state index in [1.165, 1.54) is 0 Å². The van der Waals surface area contributed by atoms with Crippen LogP contribution in [0.1, 0.15) is 17.3 Å². The molecule has 1 atom stereocenters. The lowest BCUT2D eigenvalue weighted by atomic mass is 10.2. The zero-order valence-electron chi connectivity index (χ0n) is 6.82. The average Bonchev–Trinajstić information content (AvgIpc) is 2.05. The van der Waals surface area contributed by atoms with Crippen molar-refractivity contribution in [2.75, 3.05) is 0 Å². The zero-order valence-corrected chi connectivity index (χ0v) is 6.82. The molecular weight excluding hydrogens is 154 g/mol. The van der Waals surface area contributed by atoms with E-state index in [-0.39, 0.29) is 12.1 Å². The summed E-state index contributed by atoms with van der Waals surface area (Å²) in [5, 5.41) is 2.57. The Morgan fingerprint density at radius 1 is 1.58 bits per heavy atom. The highest BCUT2D eigenvalue weighted by molar-refractivity contribution is 5.94. The number of nitrogens with zero attached hydrogens (tertiary/aromatic N) is 1. The number of rotatable bonds is 2. The minimum absolute atomic E-state index is 0.174. The molecule has 0 saturated carbocycles. The van der Waals surface area contributed by atoms with Crippen LogP contribution in [-0.2, 0) is 0 Å². The topological polar surface area (TPSA) is 68.0 Å². The van der Waals surface area contributed by atoms with Gasteiger partial charge < -0.3 is 11.1 Å². The Bertz CT molecular complexity index is 258. The van der Waals surface area contributed by atoms with Crippen LogP contribution in [0.4, 0.5) is 0 Å². The molecule has 0 radical (unpaired) electrons. The zero-order chi connectivity index (χ0) is 8.97. The second-order valence-corrected chi connectivity index (χ2v) is 2.50. The number of nitrogens with one attached hydrogen (secondary N) is 1. The fourth-order valence-electron chi connectivity index (χ4n) is 0.793. The normalized spacial score (nSPS) is 12.2. The summed E-state index contributed by atoms with van der Waals surface area (Å²) in [4.78, 5) is 15.0. The molecule has 1 aromatic heterocycles. The number of pyridine rings is 1. The predicted molar refractivity (Wildman–Crippen MR) is 45.4 cm³/mol. The first-order valence-electron chi connectivity index (χ1n) is 3.66. The number of nitrogens with two attached hydrogens (primary N) is 1. The summed E-state index contributed by atoms with van der Waals surface area (Å²) in [5.41, 5.74) is 5.95. The molecule has 12 heavy (non-hydrogen) atoms. The largest absolute Gasteiger partial charge is 0.337 e. The summed E-state index contributed by atoms with van der Waals surface area (Å²) in [6.07, 6.45) is 2.80. The second kappa shape index (κ2) is 3.82. The van der Waals surface area contributed by atoms with Gasteiger partial charge in [-0.2, -0.15) is 0 Å². The molecule has 3 N–H and O–H groups in total. The third kappa shape index (κ3) is 2.32. The van der Waals surface area contributed by atoms with Gasteiger partial charge in [0.1, 0.15) is 0 Å². The molecule has 0 fully saturated rings. The monoisotopic (exact) mass is 165 g/mol. The van der Waals surface area contributed by atoms with Gasteiger partial charge in [-0.3, -0.25) is 9.78 Å². The van der Waals surface area contributed by atoms with E-state index in [9.17, 15) is 4.79 Å². The van der Waals surface area contributed by atoms with Crippen LogP contribution in [0.5, 0.6) is 0 Å². The molecule has 64 valence electrons. The van der Waals surface area contributed by atoms with Gasteiger partial charge in [-0.05, 0) is 19.1 Å². The maximum Gasteiger partial charge on any atom is 0.252 e. The highest BCUT2D eigenvalue weighted by Gasteiger charge is 2.04. The number of carbonyl (C=O) groups is 1. The molecule has 1 heterocycles. The van der Waals surface area contributed by atoms with Gasteiger partial charge in [-0.25, -0.2) is 0 Å². The van der Waals surface area contributed by atoms with Gasteiger partial charge >= 0.3 is 0 Å². The van der Waals surface area contributed by atoms with E-state index in [1.54, 1.807) is 31.5 Å². The molecule has 0 bridgehead atoms. The van der Waals surface area contributed by atoms with Crippen molar-refractivity contribution in [1.29, 1.82) is 0 Å². The molecule has 0 aliphatic rings. The maximum atomic E-state index is 11.2. The fourth-order valence-corrected chi connectivity index (χ4v) is 0.793. The summed E-state index contributed by atoms with van der Waals surface area (Å²) >= 11 is 0. The summed E-state index contributed by atoms with van der Waals surface area (Å²) in [5.74, 6) is -0.174. The molecule has 1 aromatic rings. The highest BCUT2D eigenvalue weighted by Crippen LogP contribution is 1.95. The third-order valence-electron chi connectivity index (χ3n) is 1.30. The van der Waals surface area contributed by atoms with Crippen LogP contribution < -0.4 is 11.1 Å². The molecular formula is C8H11N3O. The molecule has 1 unspecified atom stereocenters. The van der Waals surface area contributed by atoms with Crippen LogP contribution in [0.2, 0.25) is 0 Å². The van der Waals surface area contributed by atoms with E-state index in [1.807, 2.05) is 0 Å². The summed E-state index contributed by atoms with van der Waals surface area (Å²) in [6, 6.07) is 3.27. The Kier molecular flexibility index (Phi) is 2.76. The minimum atomic E-state index is -0.328. The highest BCUT2D eigenvalue weighted by atomic mass is 16.1. The van der Waals surface area contributed by atoms with Gasteiger partial charge in [-0.15, -0.1) is 0 Å². The van der Waals surface area contributed by atoms with E-state index in [0.29, 0.717) is 5.56 Å². The summed E-state index contributed by atoms with van der Waals surface area (Å²) < 4.78 is 0. The number of hydrogen-bond donors (Lipinski definition) is 2. The lowest BCUT2D eigenvalue weighted by molar-refractivity contribution is 0.0941. The summed E-state index contributed by atoms with van der Waals surface area (Å²) in [6.45, 7) is 1.71. The lowest BCUT2D eigenvalue weighted by Crippen LogP contribution is -2.38. The Morgan fingerprint density at radius 2 is 2.17 bits per heavy atom. The van der Waals surface area contributed by atoms with Crippen LogP contribution in [0.15, 0.2) is 24.5 Å². The standard InChI is InChI=1S/C8H11N3O/c1-6(9)11-8(12)7-2-4-10-5-3-7/h2-6H,9H2,1H3,(H,11,12). The van der Waals surface area contributed by atoms with Crippen LogP contribution in [0.25, 0.3) is 0 Å². The van der Waals surface area contributed by atoms with Gasteiger partial charge in [0.05, 0.1) is 6.17 Å². The smallest absolute Gasteiger partial charge is 0.252 e. The van der Waals surface area contributed by atoms with Crippen LogP contribution in [-0.4, -0.2) is 17.1 Å². The second-order valence-electron chi connectivity index (χ2n) is 2.50. The fraction of sp³-hybridized carbons (Fsp3) is 0.250. The minimum Gasteiger partial charge on any atom is -0.337 e. The first kappa shape index (κ1) is 8.67. The number of aromatic nitrogens is 1. The van der Waals surface area contributed by atoms with Gasteiger partial charge in [-0.1, -0.05) is 0 Å². The average molecular weight is 165 g/mol. The van der Waals surface area contributed by atoms with Crippen molar-refractivity contribution in [2.45, 2.75) is 13.1 Å². The van der Waals surface area contributed by atoms with E-state index in [4.69, 9.17) is 5.73 Å². The molecule has 1 rings (SSSR count). The molecule has 1 amide bonds. The molecule has 0 aliphatic carbocycles. The number of amides is 1. The quantitative estimate of drug-likeness (QED) is 0.611. The van der Waals surface area contributed by atoms with Crippen molar-refractivity contribution in [3.63, 3.8) is 0 Å². The molecule has 0 aliphatic heterocycles. The van der Waals surface area contributed by atoms with E-state index < -0.39 is 0 Å². The van der Waals surface area contributed by atoms with Crippen molar-refractivity contribution in [2.24, 2.45) is 5.73 Å². The Hall–Kier alpha value is -1.42. The first-order chi connectivity index (χ1) is 5.70. The van der Waals surface area contributed by atoms with E-state index in [2.05, 4.69) is 10.3 Å². The summed E-state index contributed by atoms with van der Waals surface area (Å²) in [7, 11) is 0. The maximum absolute atomic E-state index is 11.2. The van der Waals surface area contributed by atoms with Crippen LogP contribution in [0.3, 0.4) is 0 Å². The Balaban J connectivity index is 2.66. The Morgan fingerprint density at radius 3 is 2.67 bits per heavy atom. The molecule has 4 heteroatoms. The van der Waals surface area contributed by atoms with Crippen LogP contribution >= 0.6 is 0 Å². The molecule has 4 nitrogen and oxygen atoms in total. The van der Waals surface area contributed by atoms with Crippen molar-refractivity contribution < 1.29 is 4.79 Å². The lowest BCUT2D eigenvalue weighted by Gasteiger charge is -2.07. The predicted octanol–water partition coefficient (Wildman–Crippen LogP) is 0.116. The Labute approximate surface area is 70.8 Å². The molecule has 0 saturated heterocycles. The van der Waals surface area contributed by atoms with Crippen molar-refractivity contribution >= 4 is 5.91 Å². The number of hydrogen-bond acceptors (Lipinski definition) is 3. The van der Waals surface area contributed by atoms with Crippen molar-refractivity contribution in [1.82, 2.24) is 10.3 Å². The molecule has 0 aromatic carbocycles. The van der Waals surface area contributed by atoms with E-state index >= 15 is 0 Å². The van der Waals surface area contributed by atoms with Gasteiger partial charge in [0.15, 0.2) is 0 Å². The van der Waals surface area contributed by atoms with Crippen LogP contribution in [0, 0.1) is 0 Å². The van der Waals surface area contributed by atoms with Gasteiger partial charge in [0.25, 0.3) is 5.91 Å². The number of carbonyl (C=O) groups excluding carboxylic acids is 1. The van der Waals surface area contributed by atoms with Crippen molar-refractivity contribution in [3.05, 3.63) is 30.1 Å². The van der Waals surface area contributed by atoms with Gasteiger partial charge in [0.2, 0.25) is 0 Å². The van der Waals surface area contributed by atoms with Gasteiger partial charge in [0, 0.05) is 18.0 Å².